The van der Waals surface area contributed by atoms with Gasteiger partial charge in [-0.2, -0.15) is 12.7 Å². The third kappa shape index (κ3) is 5.23. The van der Waals surface area contributed by atoms with Gasteiger partial charge in [0.1, 0.15) is 6.54 Å². The highest BCUT2D eigenvalue weighted by molar-refractivity contribution is 7.98. The van der Waals surface area contributed by atoms with Crippen molar-refractivity contribution in [2.45, 2.75) is 11.4 Å². The monoisotopic (exact) mass is 393 g/mol. The van der Waals surface area contributed by atoms with Gasteiger partial charge in [-0.15, -0.1) is 11.8 Å². The molecule has 0 radical (unpaired) electrons. The van der Waals surface area contributed by atoms with Crippen LogP contribution in [0.1, 0.15) is 5.56 Å². The highest BCUT2D eigenvalue weighted by atomic mass is 32.2. The topological polar surface area (TPSA) is 69.7 Å². The Morgan fingerprint density at radius 3 is 2.19 bits per heavy atom. The van der Waals surface area contributed by atoms with E-state index in [1.54, 1.807) is 42.1 Å². The largest absolute Gasteiger partial charge is 0.350 e. The zero-order valence-electron chi connectivity index (χ0n) is 15.0. The van der Waals surface area contributed by atoms with Crippen LogP contribution in [0.3, 0.4) is 0 Å². The van der Waals surface area contributed by atoms with Gasteiger partial charge in [0, 0.05) is 25.5 Å². The molecule has 140 valence electrons. The Labute approximate surface area is 159 Å². The third-order valence-corrected chi connectivity index (χ3v) is 6.28. The maximum absolute atomic E-state index is 12.6. The van der Waals surface area contributed by atoms with Crippen molar-refractivity contribution in [1.82, 2.24) is 9.62 Å². The first-order chi connectivity index (χ1) is 12.3. The summed E-state index contributed by atoms with van der Waals surface area (Å²) in [6.07, 6.45) is 2.00. The van der Waals surface area contributed by atoms with Crippen LogP contribution in [0.2, 0.25) is 0 Å². The molecule has 0 aromatic heterocycles. The molecule has 0 saturated carbocycles. The van der Waals surface area contributed by atoms with Gasteiger partial charge in [-0.1, -0.05) is 30.3 Å². The second kappa shape index (κ2) is 9.07. The van der Waals surface area contributed by atoms with Gasteiger partial charge in [0.05, 0.1) is 5.69 Å². The van der Waals surface area contributed by atoms with E-state index < -0.39 is 10.2 Å². The number of benzene rings is 2. The highest BCUT2D eigenvalue weighted by Crippen LogP contribution is 2.18. The molecule has 26 heavy (non-hydrogen) atoms. The minimum Gasteiger partial charge on any atom is -0.350 e. The number of nitrogens with zero attached hydrogens (tertiary/aromatic N) is 2. The molecule has 6 nitrogen and oxygen atoms in total. The van der Waals surface area contributed by atoms with Crippen molar-refractivity contribution in [2.75, 3.05) is 31.2 Å². The number of thioether (sulfide) groups is 1. The number of para-hydroxylation sites is 1. The molecular formula is C18H23N3O3S2. The molecule has 0 aliphatic rings. The molecule has 0 atom stereocenters. The number of nitrogens with one attached hydrogen (secondary N) is 1. The molecule has 0 saturated heterocycles. The zero-order valence-corrected chi connectivity index (χ0v) is 16.7. The summed E-state index contributed by atoms with van der Waals surface area (Å²) in [5.41, 5.74) is 1.40. The van der Waals surface area contributed by atoms with Gasteiger partial charge in [0.25, 0.3) is 0 Å². The Balaban J connectivity index is 2.08. The molecule has 1 N–H and O–H groups in total. The summed E-state index contributed by atoms with van der Waals surface area (Å²) in [4.78, 5) is 13.5. The van der Waals surface area contributed by atoms with Crippen molar-refractivity contribution in [1.29, 1.82) is 0 Å². The molecule has 2 rings (SSSR count). The molecular weight excluding hydrogens is 370 g/mol. The summed E-state index contributed by atoms with van der Waals surface area (Å²) >= 11 is 1.65. The Bertz CT molecular complexity index is 823. The standard InChI is InChI=1S/C18H23N3O3S2/c1-20(2)26(23,24)21(16-7-5-4-6-8-16)14-18(22)19-13-15-9-11-17(25-3)12-10-15/h4-12H,13-14H2,1-3H3,(H,19,22). The fourth-order valence-corrected chi connectivity index (χ4v) is 3.70. The molecule has 1 amide bonds. The van der Waals surface area contributed by atoms with Crippen molar-refractivity contribution < 1.29 is 13.2 Å². The minimum absolute atomic E-state index is 0.284. The van der Waals surface area contributed by atoms with Crippen LogP contribution >= 0.6 is 11.8 Å². The van der Waals surface area contributed by atoms with Gasteiger partial charge in [-0.3, -0.25) is 4.79 Å². The van der Waals surface area contributed by atoms with Crippen LogP contribution in [0, 0.1) is 0 Å². The molecule has 2 aromatic rings. The van der Waals surface area contributed by atoms with E-state index in [2.05, 4.69) is 5.32 Å². The van der Waals surface area contributed by atoms with E-state index in [4.69, 9.17) is 0 Å². The van der Waals surface area contributed by atoms with Crippen LogP contribution in [-0.2, 0) is 21.5 Å². The quantitative estimate of drug-likeness (QED) is 0.699. The van der Waals surface area contributed by atoms with Crippen LogP contribution in [-0.4, -0.2) is 45.5 Å². The number of hydrogen-bond donors (Lipinski definition) is 1. The molecule has 0 bridgehead atoms. The Hall–Kier alpha value is -2.03. The molecule has 0 spiro atoms. The molecule has 0 aliphatic carbocycles. The number of anilines is 1. The van der Waals surface area contributed by atoms with E-state index in [0.29, 0.717) is 12.2 Å². The van der Waals surface area contributed by atoms with Gasteiger partial charge in [-0.05, 0) is 36.1 Å². The summed E-state index contributed by atoms with van der Waals surface area (Å²) in [6.45, 7) is 0.0611. The number of carbonyl (C=O) groups excluding carboxylic acids is 1. The Kier molecular flexibility index (Phi) is 7.07. The number of carbonyl (C=O) groups is 1. The predicted octanol–water partition coefficient (Wildman–Crippen LogP) is 2.34. The molecule has 2 aromatic carbocycles. The lowest BCUT2D eigenvalue weighted by molar-refractivity contribution is -0.119. The lowest BCUT2D eigenvalue weighted by Gasteiger charge is -2.26. The first-order valence-corrected chi connectivity index (χ1v) is 10.6. The van der Waals surface area contributed by atoms with Crippen molar-refractivity contribution in [3.63, 3.8) is 0 Å². The van der Waals surface area contributed by atoms with Crippen molar-refractivity contribution in [2.24, 2.45) is 0 Å². The van der Waals surface area contributed by atoms with E-state index in [9.17, 15) is 13.2 Å². The molecule has 0 heterocycles. The van der Waals surface area contributed by atoms with Crippen LogP contribution in [0.25, 0.3) is 0 Å². The number of rotatable bonds is 8. The van der Waals surface area contributed by atoms with Crippen molar-refractivity contribution >= 4 is 33.6 Å². The normalized spacial score (nSPS) is 11.4. The Morgan fingerprint density at radius 1 is 1.04 bits per heavy atom. The van der Waals surface area contributed by atoms with Gasteiger partial charge >= 0.3 is 10.2 Å². The maximum Gasteiger partial charge on any atom is 0.304 e. The average molecular weight is 394 g/mol. The van der Waals surface area contributed by atoms with Crippen LogP contribution in [0.15, 0.2) is 59.5 Å². The van der Waals surface area contributed by atoms with Gasteiger partial charge in [0.15, 0.2) is 0 Å². The number of amides is 1. The van der Waals surface area contributed by atoms with Crippen LogP contribution < -0.4 is 9.62 Å². The van der Waals surface area contributed by atoms with Crippen molar-refractivity contribution in [3.8, 4) is 0 Å². The fraction of sp³-hybridized carbons (Fsp3) is 0.278. The predicted molar refractivity (Wildman–Crippen MR) is 106 cm³/mol. The third-order valence-electron chi connectivity index (χ3n) is 3.72. The second-order valence-electron chi connectivity index (χ2n) is 5.76. The van der Waals surface area contributed by atoms with Crippen LogP contribution in [0.4, 0.5) is 5.69 Å². The van der Waals surface area contributed by atoms with Gasteiger partial charge in [0.2, 0.25) is 5.91 Å². The summed E-state index contributed by atoms with van der Waals surface area (Å²) in [5.74, 6) is -0.367. The smallest absolute Gasteiger partial charge is 0.304 e. The van der Waals surface area contributed by atoms with Crippen LogP contribution in [0.5, 0.6) is 0 Å². The first-order valence-electron chi connectivity index (χ1n) is 7.99. The summed E-state index contributed by atoms with van der Waals surface area (Å²) in [5, 5.41) is 2.78. The molecule has 8 heteroatoms. The van der Waals surface area contributed by atoms with E-state index in [1.165, 1.54) is 14.1 Å². The molecule has 0 aliphatic heterocycles. The molecule has 0 unspecified atom stereocenters. The molecule has 0 fully saturated rings. The maximum atomic E-state index is 12.6. The minimum atomic E-state index is -3.78. The van der Waals surface area contributed by atoms with E-state index in [-0.39, 0.29) is 12.5 Å². The number of hydrogen-bond acceptors (Lipinski definition) is 4. The highest BCUT2D eigenvalue weighted by Gasteiger charge is 2.26. The fourth-order valence-electron chi connectivity index (χ4n) is 2.23. The van der Waals surface area contributed by atoms with E-state index in [1.807, 2.05) is 30.5 Å². The summed E-state index contributed by atoms with van der Waals surface area (Å²) in [6, 6.07) is 16.4. The van der Waals surface area contributed by atoms with Gasteiger partial charge in [-0.25, -0.2) is 4.31 Å². The average Bonchev–Trinajstić information content (AvgIpc) is 2.65. The lowest BCUT2D eigenvalue weighted by Crippen LogP contribution is -2.45. The van der Waals surface area contributed by atoms with E-state index in [0.717, 1.165) is 19.1 Å². The van der Waals surface area contributed by atoms with Gasteiger partial charge < -0.3 is 5.32 Å². The van der Waals surface area contributed by atoms with Crippen molar-refractivity contribution in [3.05, 3.63) is 60.2 Å². The SMILES string of the molecule is CSc1ccc(CNC(=O)CN(c2ccccc2)S(=O)(=O)N(C)C)cc1. The first kappa shape index (κ1) is 20.3. The summed E-state index contributed by atoms with van der Waals surface area (Å²) in [7, 11) is -0.894. The lowest BCUT2D eigenvalue weighted by atomic mass is 10.2. The zero-order chi connectivity index (χ0) is 19.2. The Morgan fingerprint density at radius 2 is 1.65 bits per heavy atom. The van der Waals surface area contributed by atoms with E-state index >= 15 is 0 Å². The summed E-state index contributed by atoms with van der Waals surface area (Å²) < 4.78 is 27.3. The second-order valence-corrected chi connectivity index (χ2v) is 8.70.